The lowest BCUT2D eigenvalue weighted by atomic mass is 10.0. The summed E-state index contributed by atoms with van der Waals surface area (Å²) in [5.41, 5.74) is 0.991. The van der Waals surface area contributed by atoms with Crippen molar-refractivity contribution in [2.75, 3.05) is 7.11 Å². The third kappa shape index (κ3) is 4.19. The van der Waals surface area contributed by atoms with Crippen molar-refractivity contribution in [2.24, 2.45) is 0 Å². The van der Waals surface area contributed by atoms with Crippen LogP contribution in [0.25, 0.3) is 0 Å². The Morgan fingerprint density at radius 3 is 2.68 bits per heavy atom. The zero-order chi connectivity index (χ0) is 18.0. The van der Waals surface area contributed by atoms with Crippen LogP contribution in [0.4, 0.5) is 0 Å². The van der Waals surface area contributed by atoms with Crippen LogP contribution in [0.5, 0.6) is 0 Å². The van der Waals surface area contributed by atoms with Crippen molar-refractivity contribution >= 4 is 5.97 Å². The molecule has 2 aliphatic heterocycles. The molecule has 3 rings (SSSR count). The SMILES string of the molecule is COC(=O)C[C@H](O)[C@H]1O[C@@H]2OC(C)(C)O[C@@H]2[C@@H]1OCc1ccccc1. The number of carbonyl (C=O) groups excluding carboxylic acids is 1. The van der Waals surface area contributed by atoms with Crippen molar-refractivity contribution in [2.45, 2.75) is 63.4 Å². The zero-order valence-corrected chi connectivity index (χ0v) is 14.6. The second-order valence-electron chi connectivity index (χ2n) is 6.68. The molecule has 2 fully saturated rings. The van der Waals surface area contributed by atoms with Crippen LogP contribution in [-0.2, 0) is 35.1 Å². The Morgan fingerprint density at radius 2 is 2.00 bits per heavy atom. The minimum Gasteiger partial charge on any atom is -0.469 e. The normalized spacial score (nSPS) is 31.5. The lowest BCUT2D eigenvalue weighted by molar-refractivity contribution is -0.231. The van der Waals surface area contributed by atoms with Gasteiger partial charge in [0, 0.05) is 0 Å². The molecule has 2 aliphatic rings. The van der Waals surface area contributed by atoms with Crippen LogP contribution in [0.1, 0.15) is 25.8 Å². The number of esters is 1. The summed E-state index contributed by atoms with van der Waals surface area (Å²) in [4.78, 5) is 11.5. The number of carbonyl (C=O) groups is 1. The molecule has 0 radical (unpaired) electrons. The van der Waals surface area contributed by atoms with Crippen molar-refractivity contribution in [1.82, 2.24) is 0 Å². The van der Waals surface area contributed by atoms with Crippen molar-refractivity contribution in [3.05, 3.63) is 35.9 Å². The van der Waals surface area contributed by atoms with E-state index in [0.717, 1.165) is 5.56 Å². The molecule has 138 valence electrons. The Labute approximate surface area is 146 Å². The summed E-state index contributed by atoms with van der Waals surface area (Å²) in [5.74, 6) is -1.31. The summed E-state index contributed by atoms with van der Waals surface area (Å²) in [6.45, 7) is 3.93. The topological polar surface area (TPSA) is 83.5 Å². The fourth-order valence-corrected chi connectivity index (χ4v) is 3.14. The van der Waals surface area contributed by atoms with E-state index < -0.39 is 42.5 Å². The van der Waals surface area contributed by atoms with Crippen LogP contribution in [0.15, 0.2) is 30.3 Å². The summed E-state index contributed by atoms with van der Waals surface area (Å²) in [6, 6.07) is 9.67. The standard InChI is InChI=1S/C18H24O7/c1-18(2)24-16-15(22-10-11-7-5-4-6-8-11)14(23-17(16)25-18)12(19)9-13(20)21-3/h4-8,12,14-17,19H,9-10H2,1-3H3/t12-,14+,15+,16+,17+/m0/s1. The van der Waals surface area contributed by atoms with Crippen molar-refractivity contribution in [1.29, 1.82) is 0 Å². The third-order valence-electron chi connectivity index (χ3n) is 4.29. The molecule has 25 heavy (non-hydrogen) atoms. The lowest BCUT2D eigenvalue weighted by Crippen LogP contribution is -2.43. The number of aliphatic hydroxyl groups is 1. The van der Waals surface area contributed by atoms with E-state index in [0.29, 0.717) is 6.61 Å². The summed E-state index contributed by atoms with van der Waals surface area (Å²) in [7, 11) is 1.28. The predicted molar refractivity (Wildman–Crippen MR) is 86.4 cm³/mol. The molecule has 1 N–H and O–H groups in total. The van der Waals surface area contributed by atoms with Crippen LogP contribution in [0.3, 0.4) is 0 Å². The van der Waals surface area contributed by atoms with Gasteiger partial charge in [0.2, 0.25) is 0 Å². The highest BCUT2D eigenvalue weighted by Crippen LogP contribution is 2.40. The van der Waals surface area contributed by atoms with Gasteiger partial charge in [0.1, 0.15) is 18.3 Å². The number of hydrogen-bond donors (Lipinski definition) is 1. The van der Waals surface area contributed by atoms with Crippen LogP contribution < -0.4 is 0 Å². The van der Waals surface area contributed by atoms with Crippen LogP contribution in [0.2, 0.25) is 0 Å². The first-order valence-electron chi connectivity index (χ1n) is 8.31. The Balaban J connectivity index is 1.71. The summed E-state index contributed by atoms with van der Waals surface area (Å²) in [6.07, 6.45) is -3.69. The molecule has 0 saturated carbocycles. The summed E-state index contributed by atoms with van der Waals surface area (Å²) >= 11 is 0. The molecule has 0 spiro atoms. The Bertz CT molecular complexity index is 588. The van der Waals surface area contributed by atoms with E-state index in [2.05, 4.69) is 4.74 Å². The van der Waals surface area contributed by atoms with Gasteiger partial charge in [0.05, 0.1) is 26.2 Å². The average Bonchev–Trinajstić information content (AvgIpc) is 3.05. The highest BCUT2D eigenvalue weighted by molar-refractivity contribution is 5.69. The summed E-state index contributed by atoms with van der Waals surface area (Å²) in [5, 5.41) is 10.4. The fourth-order valence-electron chi connectivity index (χ4n) is 3.14. The number of fused-ring (bicyclic) bond motifs is 1. The molecule has 5 atom stereocenters. The Morgan fingerprint density at radius 1 is 1.28 bits per heavy atom. The highest BCUT2D eigenvalue weighted by Gasteiger charge is 2.57. The summed E-state index contributed by atoms with van der Waals surface area (Å²) < 4.78 is 28.0. The first-order valence-corrected chi connectivity index (χ1v) is 8.31. The van der Waals surface area contributed by atoms with Gasteiger partial charge in [-0.15, -0.1) is 0 Å². The van der Waals surface area contributed by atoms with Gasteiger partial charge in [0.15, 0.2) is 12.1 Å². The molecule has 0 unspecified atom stereocenters. The number of aliphatic hydroxyl groups excluding tert-OH is 1. The number of rotatable bonds is 6. The smallest absolute Gasteiger partial charge is 0.308 e. The van der Waals surface area contributed by atoms with Gasteiger partial charge >= 0.3 is 5.97 Å². The van der Waals surface area contributed by atoms with Gasteiger partial charge in [-0.2, -0.15) is 0 Å². The van der Waals surface area contributed by atoms with E-state index in [1.54, 1.807) is 13.8 Å². The quantitative estimate of drug-likeness (QED) is 0.774. The molecule has 7 nitrogen and oxygen atoms in total. The lowest BCUT2D eigenvalue weighted by Gasteiger charge is -2.28. The molecule has 0 bridgehead atoms. The predicted octanol–water partition coefficient (Wildman–Crippen LogP) is 1.37. The average molecular weight is 352 g/mol. The second kappa shape index (κ2) is 7.39. The van der Waals surface area contributed by atoms with Crippen molar-refractivity contribution in [3.8, 4) is 0 Å². The zero-order valence-electron chi connectivity index (χ0n) is 14.6. The monoisotopic (exact) mass is 352 g/mol. The van der Waals surface area contributed by atoms with Crippen LogP contribution in [-0.4, -0.2) is 54.7 Å². The fraction of sp³-hybridized carbons (Fsp3) is 0.611. The first-order chi connectivity index (χ1) is 11.9. The van der Waals surface area contributed by atoms with Crippen LogP contribution >= 0.6 is 0 Å². The molecule has 0 aliphatic carbocycles. The molecule has 7 heteroatoms. The molecule has 1 aromatic rings. The first kappa shape index (κ1) is 18.3. The minimum absolute atomic E-state index is 0.185. The molecular weight excluding hydrogens is 328 g/mol. The van der Waals surface area contributed by atoms with E-state index in [4.69, 9.17) is 18.9 Å². The minimum atomic E-state index is -1.07. The largest absolute Gasteiger partial charge is 0.469 e. The molecule has 2 saturated heterocycles. The van der Waals surface area contributed by atoms with Crippen molar-refractivity contribution in [3.63, 3.8) is 0 Å². The Kier molecular flexibility index (Phi) is 5.41. The van der Waals surface area contributed by atoms with Gasteiger partial charge in [-0.05, 0) is 19.4 Å². The third-order valence-corrected chi connectivity index (χ3v) is 4.29. The van der Waals surface area contributed by atoms with E-state index in [1.165, 1.54) is 7.11 Å². The van der Waals surface area contributed by atoms with Gasteiger partial charge in [-0.25, -0.2) is 0 Å². The second-order valence-corrected chi connectivity index (χ2v) is 6.68. The number of methoxy groups -OCH3 is 1. The van der Waals surface area contributed by atoms with Crippen molar-refractivity contribution < 1.29 is 33.6 Å². The Hall–Kier alpha value is -1.51. The van der Waals surface area contributed by atoms with E-state index >= 15 is 0 Å². The highest BCUT2D eigenvalue weighted by atomic mass is 16.8. The van der Waals surface area contributed by atoms with E-state index in [9.17, 15) is 9.90 Å². The van der Waals surface area contributed by atoms with Gasteiger partial charge < -0.3 is 28.8 Å². The maximum absolute atomic E-state index is 11.5. The van der Waals surface area contributed by atoms with Gasteiger partial charge in [-0.1, -0.05) is 30.3 Å². The molecule has 2 heterocycles. The molecule has 0 amide bonds. The molecular formula is C18H24O7. The van der Waals surface area contributed by atoms with Gasteiger partial charge in [-0.3, -0.25) is 4.79 Å². The van der Waals surface area contributed by atoms with E-state index in [1.807, 2.05) is 30.3 Å². The maximum atomic E-state index is 11.5. The van der Waals surface area contributed by atoms with Gasteiger partial charge in [0.25, 0.3) is 0 Å². The van der Waals surface area contributed by atoms with E-state index in [-0.39, 0.29) is 6.42 Å². The molecule has 1 aromatic carbocycles. The van der Waals surface area contributed by atoms with Crippen LogP contribution in [0, 0.1) is 0 Å². The number of benzene rings is 1. The molecule has 0 aromatic heterocycles. The maximum Gasteiger partial charge on any atom is 0.308 e. The number of ether oxygens (including phenoxy) is 5. The number of hydrogen-bond acceptors (Lipinski definition) is 7.